The van der Waals surface area contributed by atoms with Gasteiger partial charge in [-0.1, -0.05) is 23.4 Å². The van der Waals surface area contributed by atoms with Gasteiger partial charge in [-0.3, -0.25) is 5.10 Å². The van der Waals surface area contributed by atoms with Gasteiger partial charge in [0.05, 0.1) is 18.7 Å². The maximum atomic E-state index is 5.77. The molecule has 1 aliphatic heterocycles. The lowest BCUT2D eigenvalue weighted by Gasteiger charge is -2.23. The standard InChI is InChI=1S/C14H13N5O2/c15-12-10(7-16-18-12)14-17-13(19-21-14)9-5-6-20-11-4-2-1-3-8(9)11/h1-4,7,9H,5-6H2,(H3,15,16,18). The van der Waals surface area contributed by atoms with E-state index in [-0.39, 0.29) is 5.92 Å². The van der Waals surface area contributed by atoms with Gasteiger partial charge in [-0.25, -0.2) is 0 Å². The van der Waals surface area contributed by atoms with Gasteiger partial charge in [-0.05, 0) is 12.5 Å². The number of aromatic nitrogens is 4. The molecule has 3 aromatic rings. The molecule has 0 amide bonds. The Morgan fingerprint density at radius 3 is 3.05 bits per heavy atom. The maximum Gasteiger partial charge on any atom is 0.263 e. The van der Waals surface area contributed by atoms with Crippen LogP contribution in [0.1, 0.15) is 23.7 Å². The van der Waals surface area contributed by atoms with Crippen molar-refractivity contribution in [2.24, 2.45) is 0 Å². The number of ether oxygens (including phenoxy) is 1. The van der Waals surface area contributed by atoms with Crippen LogP contribution >= 0.6 is 0 Å². The fourth-order valence-electron chi connectivity index (χ4n) is 2.56. The number of nitrogen functional groups attached to an aromatic ring is 1. The van der Waals surface area contributed by atoms with E-state index in [0.29, 0.717) is 29.7 Å². The van der Waals surface area contributed by atoms with E-state index in [1.807, 2.05) is 24.3 Å². The van der Waals surface area contributed by atoms with Crippen LogP contribution in [0.3, 0.4) is 0 Å². The fourth-order valence-corrected chi connectivity index (χ4v) is 2.56. The van der Waals surface area contributed by atoms with Gasteiger partial charge in [-0.2, -0.15) is 10.1 Å². The summed E-state index contributed by atoms with van der Waals surface area (Å²) in [6.07, 6.45) is 2.39. The molecule has 0 fully saturated rings. The lowest BCUT2D eigenvalue weighted by Crippen LogP contribution is -2.16. The molecule has 0 saturated heterocycles. The predicted molar refractivity (Wildman–Crippen MR) is 74.7 cm³/mol. The molecule has 3 heterocycles. The average Bonchev–Trinajstić information content (AvgIpc) is 3.15. The Bertz CT molecular complexity index is 779. The topological polar surface area (TPSA) is 103 Å². The van der Waals surface area contributed by atoms with Crippen LogP contribution in [0.5, 0.6) is 5.75 Å². The summed E-state index contributed by atoms with van der Waals surface area (Å²) >= 11 is 0. The molecule has 7 heteroatoms. The van der Waals surface area contributed by atoms with Gasteiger partial charge in [0, 0.05) is 5.56 Å². The Morgan fingerprint density at radius 2 is 2.19 bits per heavy atom. The summed E-state index contributed by atoms with van der Waals surface area (Å²) in [6, 6.07) is 7.92. The SMILES string of the molecule is Nc1[nH]ncc1-c1nc(C2CCOc3ccccc32)no1. The van der Waals surface area contributed by atoms with Gasteiger partial charge in [0.25, 0.3) is 5.89 Å². The number of H-pyrrole nitrogens is 1. The van der Waals surface area contributed by atoms with Gasteiger partial charge in [0.1, 0.15) is 17.1 Å². The Balaban J connectivity index is 1.73. The number of para-hydroxylation sites is 1. The molecule has 1 atom stereocenters. The van der Waals surface area contributed by atoms with E-state index in [2.05, 4.69) is 20.3 Å². The highest BCUT2D eigenvalue weighted by Gasteiger charge is 2.27. The van der Waals surface area contributed by atoms with E-state index in [9.17, 15) is 0 Å². The largest absolute Gasteiger partial charge is 0.493 e. The normalized spacial score (nSPS) is 17.2. The van der Waals surface area contributed by atoms with E-state index in [0.717, 1.165) is 17.7 Å². The first kappa shape index (κ1) is 12.0. The van der Waals surface area contributed by atoms with Crippen LogP contribution in [0, 0.1) is 0 Å². The van der Waals surface area contributed by atoms with Crippen molar-refractivity contribution < 1.29 is 9.26 Å². The summed E-state index contributed by atoms with van der Waals surface area (Å²) in [7, 11) is 0. The smallest absolute Gasteiger partial charge is 0.263 e. The maximum absolute atomic E-state index is 5.77. The summed E-state index contributed by atoms with van der Waals surface area (Å²) < 4.78 is 11.0. The van der Waals surface area contributed by atoms with Crippen molar-refractivity contribution in [2.75, 3.05) is 12.3 Å². The van der Waals surface area contributed by atoms with Crippen LogP contribution < -0.4 is 10.5 Å². The molecule has 7 nitrogen and oxygen atoms in total. The van der Waals surface area contributed by atoms with E-state index in [4.69, 9.17) is 15.0 Å². The molecule has 0 radical (unpaired) electrons. The Hall–Kier alpha value is -2.83. The molecular weight excluding hydrogens is 270 g/mol. The van der Waals surface area contributed by atoms with Crippen molar-refractivity contribution in [1.29, 1.82) is 0 Å². The van der Waals surface area contributed by atoms with Crippen LogP contribution in [-0.2, 0) is 0 Å². The average molecular weight is 283 g/mol. The second-order valence-corrected chi connectivity index (χ2v) is 4.88. The minimum atomic E-state index is 0.0700. The van der Waals surface area contributed by atoms with Gasteiger partial charge in [-0.15, -0.1) is 0 Å². The predicted octanol–water partition coefficient (Wildman–Crippen LogP) is 1.96. The van der Waals surface area contributed by atoms with Crippen molar-refractivity contribution >= 4 is 5.82 Å². The molecule has 1 aromatic carbocycles. The van der Waals surface area contributed by atoms with Crippen LogP contribution in [-0.4, -0.2) is 26.9 Å². The quantitative estimate of drug-likeness (QED) is 0.745. The Labute approximate surface area is 120 Å². The number of nitrogens with two attached hydrogens (primary N) is 1. The first-order chi connectivity index (χ1) is 10.3. The highest BCUT2D eigenvalue weighted by atomic mass is 16.5. The lowest BCUT2D eigenvalue weighted by atomic mass is 9.92. The number of nitrogens with zero attached hydrogens (tertiary/aromatic N) is 3. The molecule has 1 aliphatic rings. The Morgan fingerprint density at radius 1 is 1.29 bits per heavy atom. The van der Waals surface area contributed by atoms with Gasteiger partial charge in [0.15, 0.2) is 5.82 Å². The monoisotopic (exact) mass is 283 g/mol. The third-order valence-electron chi connectivity index (χ3n) is 3.61. The number of rotatable bonds is 2. The molecule has 0 bridgehead atoms. The van der Waals surface area contributed by atoms with Gasteiger partial charge in [0.2, 0.25) is 0 Å². The number of fused-ring (bicyclic) bond motifs is 1. The highest BCUT2D eigenvalue weighted by molar-refractivity contribution is 5.65. The number of hydrogen-bond donors (Lipinski definition) is 2. The first-order valence-corrected chi connectivity index (χ1v) is 6.67. The molecule has 1 unspecified atom stereocenters. The number of benzene rings is 1. The molecule has 21 heavy (non-hydrogen) atoms. The summed E-state index contributed by atoms with van der Waals surface area (Å²) in [5.41, 5.74) is 7.47. The summed E-state index contributed by atoms with van der Waals surface area (Å²) in [5.74, 6) is 2.38. The molecule has 0 aliphatic carbocycles. The summed E-state index contributed by atoms with van der Waals surface area (Å²) in [4.78, 5) is 4.46. The second kappa shape index (κ2) is 4.62. The van der Waals surface area contributed by atoms with Crippen molar-refractivity contribution in [2.45, 2.75) is 12.3 Å². The van der Waals surface area contributed by atoms with Crippen molar-refractivity contribution in [3.8, 4) is 17.2 Å². The van der Waals surface area contributed by atoms with E-state index >= 15 is 0 Å². The van der Waals surface area contributed by atoms with Crippen LogP contribution in [0.2, 0.25) is 0 Å². The summed E-state index contributed by atoms with van der Waals surface area (Å²) in [6.45, 7) is 0.638. The van der Waals surface area contributed by atoms with Gasteiger partial charge >= 0.3 is 0 Å². The number of anilines is 1. The zero-order chi connectivity index (χ0) is 14.2. The van der Waals surface area contributed by atoms with Crippen LogP contribution in [0.25, 0.3) is 11.5 Å². The molecular formula is C14H13N5O2. The number of aromatic amines is 1. The third-order valence-corrected chi connectivity index (χ3v) is 3.61. The molecule has 0 saturated carbocycles. The first-order valence-electron chi connectivity index (χ1n) is 6.67. The fraction of sp³-hybridized carbons (Fsp3) is 0.214. The molecule has 2 aromatic heterocycles. The van der Waals surface area contributed by atoms with Crippen LogP contribution in [0.15, 0.2) is 35.0 Å². The minimum Gasteiger partial charge on any atom is -0.493 e. The molecule has 3 N–H and O–H groups in total. The highest BCUT2D eigenvalue weighted by Crippen LogP contribution is 2.37. The minimum absolute atomic E-state index is 0.0700. The van der Waals surface area contributed by atoms with Crippen molar-refractivity contribution in [1.82, 2.24) is 20.3 Å². The summed E-state index contributed by atoms with van der Waals surface area (Å²) in [5, 5.41) is 10.6. The zero-order valence-corrected chi connectivity index (χ0v) is 11.1. The van der Waals surface area contributed by atoms with Gasteiger partial charge < -0.3 is 15.0 Å². The molecule has 106 valence electrons. The van der Waals surface area contributed by atoms with E-state index < -0.39 is 0 Å². The second-order valence-electron chi connectivity index (χ2n) is 4.88. The Kier molecular flexibility index (Phi) is 2.63. The number of nitrogens with one attached hydrogen (secondary N) is 1. The van der Waals surface area contributed by atoms with Crippen molar-refractivity contribution in [3.05, 3.63) is 41.9 Å². The molecule has 4 rings (SSSR count). The van der Waals surface area contributed by atoms with Crippen molar-refractivity contribution in [3.63, 3.8) is 0 Å². The molecule has 0 spiro atoms. The van der Waals surface area contributed by atoms with E-state index in [1.165, 1.54) is 0 Å². The zero-order valence-electron chi connectivity index (χ0n) is 11.1. The number of hydrogen-bond acceptors (Lipinski definition) is 6. The van der Waals surface area contributed by atoms with E-state index in [1.54, 1.807) is 6.20 Å². The third kappa shape index (κ3) is 1.94. The van der Waals surface area contributed by atoms with Crippen LogP contribution in [0.4, 0.5) is 5.82 Å². The lowest BCUT2D eigenvalue weighted by molar-refractivity contribution is 0.272.